The van der Waals surface area contributed by atoms with Gasteiger partial charge < -0.3 is 50.9 Å². The number of likely N-dealkylation sites (tertiary alicyclic amines) is 4. The Morgan fingerprint density at radius 3 is 1.80 bits per heavy atom. The Morgan fingerprint density at radius 1 is 0.638 bits per heavy atom. The predicted octanol–water partition coefficient (Wildman–Crippen LogP) is 5.78. The van der Waals surface area contributed by atoms with E-state index in [1.165, 1.54) is 42.4 Å². The van der Waals surface area contributed by atoms with Crippen molar-refractivity contribution in [1.82, 2.24) is 59.8 Å². The van der Waals surface area contributed by atoms with Crippen LogP contribution in [0, 0.1) is 23.6 Å². The summed E-state index contributed by atoms with van der Waals surface area (Å²) >= 11 is 0. The number of nitrogens with two attached hydrogens (primary N) is 1. The number of hydrogen-bond donors (Lipinski definition) is 4. The van der Waals surface area contributed by atoms with E-state index in [1.54, 1.807) is 16.0 Å². The number of fused-ring (bicyclic) bond motifs is 2. The number of ether oxygens (including phenoxy) is 1. The van der Waals surface area contributed by atoms with Gasteiger partial charge in [0.05, 0.1) is 37.1 Å². The number of amides is 7. The highest BCUT2D eigenvalue weighted by Crippen LogP contribution is 2.41. The molecule has 0 spiro atoms. The summed E-state index contributed by atoms with van der Waals surface area (Å²) < 4.78 is 66.0. The normalized spacial score (nSPS) is 17.3. The van der Waals surface area contributed by atoms with Gasteiger partial charge in [0.25, 0.3) is 5.91 Å². The maximum atomic E-state index is 16.0. The number of methoxy groups -OCH3 is 1. The molecule has 0 unspecified atom stereocenters. The van der Waals surface area contributed by atoms with Crippen LogP contribution in [0.5, 0.6) is 0 Å². The van der Waals surface area contributed by atoms with E-state index in [0.29, 0.717) is 89.4 Å². The minimum atomic E-state index is -5.07. The molecule has 7 amide bonds. The lowest BCUT2D eigenvalue weighted by molar-refractivity contribution is -0.146. The number of esters is 1. The quantitative estimate of drug-likeness (QED) is 0.0585. The molecule has 5 fully saturated rings. The van der Waals surface area contributed by atoms with Crippen LogP contribution in [0.15, 0.2) is 67.0 Å². The lowest BCUT2D eigenvalue weighted by Gasteiger charge is -2.40. The Morgan fingerprint density at radius 2 is 1.21 bits per heavy atom. The van der Waals surface area contributed by atoms with Crippen LogP contribution >= 0.6 is 0 Å². The summed E-state index contributed by atoms with van der Waals surface area (Å²) in [6.45, 7) is 3.65. The molecule has 8 heterocycles. The van der Waals surface area contributed by atoms with Gasteiger partial charge in [0, 0.05) is 118 Å². The zero-order valence-corrected chi connectivity index (χ0v) is 52.1. The van der Waals surface area contributed by atoms with Gasteiger partial charge in [0.2, 0.25) is 41.4 Å². The number of aromatic nitrogens is 6. The number of anilines is 3. The summed E-state index contributed by atoms with van der Waals surface area (Å²) in [5.74, 6) is -4.19. The van der Waals surface area contributed by atoms with Crippen molar-refractivity contribution in [3.8, 4) is 11.1 Å². The number of benzene rings is 3. The molecule has 25 nitrogen and oxygen atoms in total. The summed E-state index contributed by atoms with van der Waals surface area (Å²) in [6.07, 6.45) is 5.27. The fraction of sp³-hybridized carbons (Fsp3) is 0.492. The standard InChI is InChI=1S/C65H75F4N15O10/c1-94-56(89)37-72-52(85)36-71-53(86)38-83-49-7-5-6-46(57(49)59(77-83)65(67,68)69)47-33-50-44(32-48(47)66)34-74-84(50)55(88)13-12-54(87)79-24-16-41(17-25-79)62(91)81-28-20-43(21-29-81)64(93)82-30-18-42(19-31-82)63(92)80-26-14-40(15-27-80)39-8-10-45(11-9-39)75-61-58(60(70)90)73-35-51(76-61)78-22-3-2-4-23-78/h5-11,32-35,40-43H,2-4,12-31,36-38H2,1H3,(H2,70,90)(H,71,86)(H,72,85)(H,75,76). The van der Waals surface area contributed by atoms with Crippen molar-refractivity contribution < 1.29 is 65.4 Å². The van der Waals surface area contributed by atoms with Crippen LogP contribution in [-0.4, -0.2) is 188 Å². The number of nitrogens with zero attached hydrogens (tertiary/aromatic N) is 11. The van der Waals surface area contributed by atoms with E-state index in [4.69, 9.17) is 10.7 Å². The molecule has 94 heavy (non-hydrogen) atoms. The number of alkyl halides is 3. The first-order chi connectivity index (χ1) is 45.2. The molecule has 5 saturated heterocycles. The third-order valence-corrected chi connectivity index (χ3v) is 18.8. The Bertz CT molecular complexity index is 3860. The van der Waals surface area contributed by atoms with Crippen LogP contribution < -0.4 is 26.6 Å². The first kappa shape index (κ1) is 65.9. The highest BCUT2D eigenvalue weighted by atomic mass is 19.4. The SMILES string of the molecule is COC(=O)CNC(=O)CNC(=O)Cn1nc(C(F)(F)F)c2c(-c3cc4c(cnn4C(=O)CCC(=O)N4CCC(C(=O)N5CCC(C(=O)N6CCC(C(=O)N7CCC(c8ccc(Nc9nc(N%10CCCCC%10)cnc9C(N)=O)cc8)CC7)CC6)CC5)CC4)cc3F)cccc21. The van der Waals surface area contributed by atoms with Crippen molar-refractivity contribution in [1.29, 1.82) is 0 Å². The number of primary amides is 1. The smallest absolute Gasteiger partial charge is 0.435 e. The Balaban J connectivity index is 0.603. The Labute approximate surface area is 538 Å². The zero-order valence-electron chi connectivity index (χ0n) is 52.1. The minimum absolute atomic E-state index is 0.0222. The summed E-state index contributed by atoms with van der Waals surface area (Å²) in [5.41, 5.74) is 5.53. The number of halogens is 4. The molecule has 5 aliphatic rings. The van der Waals surface area contributed by atoms with Gasteiger partial charge >= 0.3 is 12.1 Å². The number of nitrogens with one attached hydrogen (secondary N) is 3. The Kier molecular flexibility index (Phi) is 20.2. The van der Waals surface area contributed by atoms with E-state index in [1.807, 2.05) is 21.9 Å². The second kappa shape index (κ2) is 28.7. The van der Waals surface area contributed by atoms with E-state index in [-0.39, 0.29) is 106 Å². The molecule has 11 rings (SSSR count). The third kappa shape index (κ3) is 14.9. The second-order valence-corrected chi connectivity index (χ2v) is 24.7. The first-order valence-electron chi connectivity index (χ1n) is 32.0. The number of carbonyl (C=O) groups excluding carboxylic acids is 9. The molecular formula is C65H75F4N15O10. The lowest BCUT2D eigenvalue weighted by atomic mass is 9.87. The molecule has 3 aromatic carbocycles. The molecule has 5 aliphatic heterocycles. The van der Waals surface area contributed by atoms with Gasteiger partial charge in [0.15, 0.2) is 17.2 Å². The molecule has 6 aromatic rings. The number of carbonyl (C=O) groups is 9. The third-order valence-electron chi connectivity index (χ3n) is 18.8. The van der Waals surface area contributed by atoms with Crippen LogP contribution in [0.4, 0.5) is 34.9 Å². The van der Waals surface area contributed by atoms with Crippen molar-refractivity contribution in [3.63, 3.8) is 0 Å². The van der Waals surface area contributed by atoms with Crippen LogP contribution in [-0.2, 0) is 51.0 Å². The first-order valence-corrected chi connectivity index (χ1v) is 32.0. The summed E-state index contributed by atoms with van der Waals surface area (Å²) in [5, 5.41) is 15.2. The fourth-order valence-electron chi connectivity index (χ4n) is 13.6. The van der Waals surface area contributed by atoms with Gasteiger partial charge in [0.1, 0.15) is 24.7 Å². The monoisotopic (exact) mass is 1300 g/mol. The summed E-state index contributed by atoms with van der Waals surface area (Å²) in [7, 11) is 1.11. The average Bonchev–Trinajstić information content (AvgIpc) is 1.57. The van der Waals surface area contributed by atoms with Gasteiger partial charge in [-0.15, -0.1) is 0 Å². The van der Waals surface area contributed by atoms with E-state index in [9.17, 15) is 56.3 Å². The van der Waals surface area contributed by atoms with Gasteiger partial charge in [-0.2, -0.15) is 23.4 Å². The van der Waals surface area contributed by atoms with Gasteiger partial charge in [-0.1, -0.05) is 24.3 Å². The van der Waals surface area contributed by atoms with Crippen molar-refractivity contribution in [2.24, 2.45) is 23.5 Å². The maximum absolute atomic E-state index is 16.0. The molecule has 0 saturated carbocycles. The molecule has 0 atom stereocenters. The molecule has 0 radical (unpaired) electrons. The zero-order chi connectivity index (χ0) is 66.4. The van der Waals surface area contributed by atoms with E-state index in [0.717, 1.165) is 67.0 Å². The highest BCUT2D eigenvalue weighted by Gasteiger charge is 2.40. The molecule has 0 bridgehead atoms. The van der Waals surface area contributed by atoms with Crippen LogP contribution in [0.3, 0.4) is 0 Å². The summed E-state index contributed by atoms with van der Waals surface area (Å²) in [6, 6.07) is 14.1. The molecule has 0 aliphatic carbocycles. The number of piperidine rings is 5. The van der Waals surface area contributed by atoms with Gasteiger partial charge in [-0.3, -0.25) is 47.8 Å². The highest BCUT2D eigenvalue weighted by molar-refractivity contribution is 6.02. The van der Waals surface area contributed by atoms with E-state index < -0.39 is 72.3 Å². The molecule has 3 aromatic heterocycles. The molecule has 498 valence electrons. The van der Waals surface area contributed by atoms with Crippen molar-refractivity contribution in [3.05, 3.63) is 89.8 Å². The van der Waals surface area contributed by atoms with E-state index in [2.05, 4.69) is 52.9 Å². The minimum Gasteiger partial charge on any atom is -0.468 e. The van der Waals surface area contributed by atoms with Gasteiger partial charge in [-0.05, 0) is 118 Å². The predicted molar refractivity (Wildman–Crippen MR) is 334 cm³/mol. The van der Waals surface area contributed by atoms with Crippen LogP contribution in [0.2, 0.25) is 0 Å². The van der Waals surface area contributed by atoms with Crippen LogP contribution in [0.25, 0.3) is 32.9 Å². The lowest BCUT2D eigenvalue weighted by Crippen LogP contribution is -2.50. The van der Waals surface area contributed by atoms with Crippen molar-refractivity contribution in [2.75, 3.05) is 95.9 Å². The Hall–Kier alpha value is -9.57. The molecule has 5 N–H and O–H groups in total. The average molecular weight is 1300 g/mol. The largest absolute Gasteiger partial charge is 0.468 e. The number of rotatable bonds is 18. The fourth-order valence-corrected chi connectivity index (χ4v) is 13.6. The van der Waals surface area contributed by atoms with Crippen molar-refractivity contribution >= 4 is 92.4 Å². The molecular weight excluding hydrogens is 1230 g/mol. The second-order valence-electron chi connectivity index (χ2n) is 24.7. The van der Waals surface area contributed by atoms with Crippen LogP contribution in [0.1, 0.15) is 116 Å². The maximum Gasteiger partial charge on any atom is 0.435 e. The van der Waals surface area contributed by atoms with E-state index >= 15 is 4.39 Å². The van der Waals surface area contributed by atoms with Crippen molar-refractivity contribution in [2.45, 2.75) is 102 Å². The summed E-state index contributed by atoms with van der Waals surface area (Å²) in [4.78, 5) is 136. The topological polar surface area (TPSA) is 303 Å². The number of hydrogen-bond acceptors (Lipinski definition) is 16. The van der Waals surface area contributed by atoms with Gasteiger partial charge in [-0.25, -0.2) is 19.0 Å². The molecule has 29 heteroatoms.